The van der Waals surface area contributed by atoms with Crippen LogP contribution in [0.25, 0.3) is 6.08 Å². The standard InChI is InChI=1S/C10H10O3/c1-7(8(2)10(11)12)6-9-4-3-5-13-9/h3-6H,2H2,1H3,(H,11,12)/b7-6+. The Morgan fingerprint density at radius 2 is 2.38 bits per heavy atom. The summed E-state index contributed by atoms with van der Waals surface area (Å²) in [5.74, 6) is -0.389. The van der Waals surface area contributed by atoms with Crippen LogP contribution < -0.4 is 0 Å². The Morgan fingerprint density at radius 1 is 1.69 bits per heavy atom. The molecule has 0 spiro atoms. The van der Waals surface area contributed by atoms with E-state index in [0.717, 1.165) is 0 Å². The molecule has 13 heavy (non-hydrogen) atoms. The smallest absolute Gasteiger partial charge is 0.335 e. The number of hydrogen-bond donors (Lipinski definition) is 1. The van der Waals surface area contributed by atoms with Crippen LogP contribution in [0.3, 0.4) is 0 Å². The van der Waals surface area contributed by atoms with E-state index in [4.69, 9.17) is 9.52 Å². The van der Waals surface area contributed by atoms with Crippen molar-refractivity contribution in [2.75, 3.05) is 0 Å². The van der Waals surface area contributed by atoms with Gasteiger partial charge in [0.1, 0.15) is 5.76 Å². The van der Waals surface area contributed by atoms with Gasteiger partial charge in [-0.3, -0.25) is 0 Å². The van der Waals surface area contributed by atoms with Crippen molar-refractivity contribution in [3.63, 3.8) is 0 Å². The lowest BCUT2D eigenvalue weighted by atomic mass is 10.1. The Hall–Kier alpha value is -1.77. The molecule has 0 saturated heterocycles. The maximum Gasteiger partial charge on any atom is 0.335 e. The second-order valence-corrected chi connectivity index (χ2v) is 2.63. The molecule has 0 radical (unpaired) electrons. The van der Waals surface area contributed by atoms with Crippen molar-refractivity contribution in [3.05, 3.63) is 41.9 Å². The normalized spacial score (nSPS) is 11.3. The molecule has 1 aromatic heterocycles. The molecular weight excluding hydrogens is 168 g/mol. The average molecular weight is 178 g/mol. The Labute approximate surface area is 76.0 Å². The summed E-state index contributed by atoms with van der Waals surface area (Å²) in [6.07, 6.45) is 3.17. The highest BCUT2D eigenvalue weighted by Crippen LogP contribution is 2.12. The van der Waals surface area contributed by atoms with Gasteiger partial charge in [-0.2, -0.15) is 0 Å². The van der Waals surface area contributed by atoms with Crippen molar-refractivity contribution >= 4 is 12.0 Å². The van der Waals surface area contributed by atoms with Gasteiger partial charge in [-0.25, -0.2) is 4.79 Å². The van der Waals surface area contributed by atoms with Gasteiger partial charge in [-0.05, 0) is 30.7 Å². The van der Waals surface area contributed by atoms with Gasteiger partial charge in [-0.15, -0.1) is 0 Å². The van der Waals surface area contributed by atoms with Crippen LogP contribution >= 0.6 is 0 Å². The van der Waals surface area contributed by atoms with Crippen LogP contribution in [0.5, 0.6) is 0 Å². The van der Waals surface area contributed by atoms with Crippen LogP contribution in [0, 0.1) is 0 Å². The number of carboxylic acids is 1. The first-order valence-electron chi connectivity index (χ1n) is 3.75. The van der Waals surface area contributed by atoms with E-state index in [-0.39, 0.29) is 5.57 Å². The second kappa shape index (κ2) is 3.76. The Kier molecular flexibility index (Phi) is 2.69. The summed E-state index contributed by atoms with van der Waals surface area (Å²) in [5.41, 5.74) is 0.666. The minimum atomic E-state index is -1.01. The van der Waals surface area contributed by atoms with Gasteiger partial charge in [0, 0.05) is 0 Å². The second-order valence-electron chi connectivity index (χ2n) is 2.63. The van der Waals surface area contributed by atoms with Crippen LogP contribution in [0.1, 0.15) is 12.7 Å². The maximum absolute atomic E-state index is 10.5. The molecule has 3 nitrogen and oxygen atoms in total. The highest BCUT2D eigenvalue weighted by atomic mass is 16.4. The lowest BCUT2D eigenvalue weighted by Gasteiger charge is -1.97. The molecule has 0 aliphatic heterocycles. The molecule has 0 unspecified atom stereocenters. The van der Waals surface area contributed by atoms with Crippen molar-refractivity contribution in [3.8, 4) is 0 Å². The van der Waals surface area contributed by atoms with Gasteiger partial charge in [0.05, 0.1) is 11.8 Å². The minimum absolute atomic E-state index is 0.0800. The van der Waals surface area contributed by atoms with Crippen LogP contribution in [0.4, 0.5) is 0 Å². The summed E-state index contributed by atoms with van der Waals surface area (Å²) in [7, 11) is 0. The molecule has 0 fully saturated rings. The van der Waals surface area contributed by atoms with E-state index in [9.17, 15) is 4.79 Å². The summed E-state index contributed by atoms with van der Waals surface area (Å²) >= 11 is 0. The van der Waals surface area contributed by atoms with Gasteiger partial charge in [0.2, 0.25) is 0 Å². The first kappa shape index (κ1) is 9.32. The summed E-state index contributed by atoms with van der Waals surface area (Å²) in [5, 5.41) is 8.61. The quantitative estimate of drug-likeness (QED) is 0.570. The van der Waals surface area contributed by atoms with Gasteiger partial charge in [0.25, 0.3) is 0 Å². The van der Waals surface area contributed by atoms with Crippen LogP contribution in [0.2, 0.25) is 0 Å². The van der Waals surface area contributed by atoms with E-state index in [1.54, 1.807) is 25.1 Å². The first-order chi connectivity index (χ1) is 6.11. The lowest BCUT2D eigenvalue weighted by molar-refractivity contribution is -0.132. The predicted octanol–water partition coefficient (Wildman–Crippen LogP) is 2.32. The number of carbonyl (C=O) groups is 1. The summed E-state index contributed by atoms with van der Waals surface area (Å²) in [6, 6.07) is 3.49. The molecule has 0 aromatic carbocycles. The monoisotopic (exact) mass is 178 g/mol. The van der Waals surface area contributed by atoms with Crippen molar-refractivity contribution in [2.24, 2.45) is 0 Å². The Bertz CT molecular complexity index is 344. The molecule has 68 valence electrons. The van der Waals surface area contributed by atoms with E-state index in [1.807, 2.05) is 0 Å². The molecule has 1 rings (SSSR count). The summed E-state index contributed by atoms with van der Waals surface area (Å²) < 4.78 is 5.02. The van der Waals surface area contributed by atoms with E-state index in [0.29, 0.717) is 11.3 Å². The number of rotatable bonds is 3. The third-order valence-electron chi connectivity index (χ3n) is 1.64. The van der Waals surface area contributed by atoms with Crippen LogP contribution in [0.15, 0.2) is 40.5 Å². The largest absolute Gasteiger partial charge is 0.478 e. The van der Waals surface area contributed by atoms with Crippen molar-refractivity contribution in [2.45, 2.75) is 6.92 Å². The topological polar surface area (TPSA) is 50.4 Å². The Morgan fingerprint density at radius 3 is 2.85 bits per heavy atom. The van der Waals surface area contributed by atoms with E-state index in [2.05, 4.69) is 6.58 Å². The van der Waals surface area contributed by atoms with Crippen LogP contribution in [-0.4, -0.2) is 11.1 Å². The fourth-order valence-electron chi connectivity index (χ4n) is 0.843. The molecule has 0 atom stereocenters. The fourth-order valence-corrected chi connectivity index (χ4v) is 0.843. The number of aliphatic carboxylic acids is 1. The van der Waals surface area contributed by atoms with Gasteiger partial charge >= 0.3 is 5.97 Å². The molecule has 0 amide bonds. The van der Waals surface area contributed by atoms with Crippen molar-refractivity contribution in [1.82, 2.24) is 0 Å². The fraction of sp³-hybridized carbons (Fsp3) is 0.100. The molecule has 0 aliphatic rings. The van der Waals surface area contributed by atoms with Crippen molar-refractivity contribution in [1.29, 1.82) is 0 Å². The van der Waals surface area contributed by atoms with E-state index >= 15 is 0 Å². The summed E-state index contributed by atoms with van der Waals surface area (Å²) in [4.78, 5) is 10.5. The van der Waals surface area contributed by atoms with E-state index < -0.39 is 5.97 Å². The third-order valence-corrected chi connectivity index (χ3v) is 1.64. The lowest BCUT2D eigenvalue weighted by Crippen LogP contribution is -1.99. The minimum Gasteiger partial charge on any atom is -0.478 e. The zero-order valence-electron chi connectivity index (χ0n) is 7.28. The zero-order valence-corrected chi connectivity index (χ0v) is 7.28. The van der Waals surface area contributed by atoms with Gasteiger partial charge < -0.3 is 9.52 Å². The molecule has 1 N–H and O–H groups in total. The molecule has 1 aromatic rings. The van der Waals surface area contributed by atoms with Crippen LogP contribution in [-0.2, 0) is 4.79 Å². The summed E-state index contributed by atoms with van der Waals surface area (Å²) in [6.45, 7) is 5.10. The molecule has 0 saturated carbocycles. The van der Waals surface area contributed by atoms with Gasteiger partial charge in [0.15, 0.2) is 0 Å². The molecule has 3 heteroatoms. The number of furan rings is 1. The van der Waals surface area contributed by atoms with Crippen molar-refractivity contribution < 1.29 is 14.3 Å². The number of hydrogen-bond acceptors (Lipinski definition) is 2. The Balaban J connectivity index is 2.84. The average Bonchev–Trinajstić information content (AvgIpc) is 2.55. The maximum atomic E-state index is 10.5. The van der Waals surface area contributed by atoms with E-state index in [1.165, 1.54) is 6.26 Å². The zero-order chi connectivity index (χ0) is 9.84. The highest BCUT2D eigenvalue weighted by Gasteiger charge is 2.05. The molecular formula is C10H10O3. The number of carboxylic acid groups (broad SMARTS) is 1. The molecule has 1 heterocycles. The molecule has 0 aliphatic carbocycles. The van der Waals surface area contributed by atoms with Gasteiger partial charge in [-0.1, -0.05) is 6.58 Å². The molecule has 0 bridgehead atoms. The predicted molar refractivity (Wildman–Crippen MR) is 49.1 cm³/mol. The highest BCUT2D eigenvalue weighted by molar-refractivity contribution is 5.92. The SMILES string of the molecule is C=C(C(=O)O)/C(C)=C/c1ccco1. The third kappa shape index (κ3) is 2.33. The first-order valence-corrected chi connectivity index (χ1v) is 3.75.